The van der Waals surface area contributed by atoms with E-state index in [1.165, 1.54) is 31.3 Å². The van der Waals surface area contributed by atoms with Gasteiger partial charge in [-0.1, -0.05) is 152 Å². The molecule has 262 valence electrons. The zero-order chi connectivity index (χ0) is 37.0. The van der Waals surface area contributed by atoms with Gasteiger partial charge >= 0.3 is 0 Å². The lowest BCUT2D eigenvalue weighted by Crippen LogP contribution is -2.00. The average molecular weight is 734 g/mol. The summed E-state index contributed by atoms with van der Waals surface area (Å²) in [6.45, 7) is 0. The zero-order valence-electron chi connectivity index (χ0n) is 30.1. The van der Waals surface area contributed by atoms with Crippen LogP contribution in [0, 0.1) is 0 Å². The molecular weight excluding hydrogens is 703 g/mol. The summed E-state index contributed by atoms with van der Waals surface area (Å²) in [5, 5.41) is 4.71. The van der Waals surface area contributed by atoms with E-state index >= 15 is 0 Å². The van der Waals surface area contributed by atoms with Gasteiger partial charge in [-0.3, -0.25) is 0 Å². The van der Waals surface area contributed by atoms with Crippen LogP contribution < -0.4 is 0 Å². The smallest absolute Gasteiger partial charge is 0.164 e. The van der Waals surface area contributed by atoms with E-state index in [0.29, 0.717) is 17.5 Å². The number of nitrogens with zero attached hydrogens (tertiary/aromatic N) is 3. The van der Waals surface area contributed by atoms with Crippen LogP contribution in [0.25, 0.3) is 110 Å². The fourth-order valence-corrected chi connectivity index (χ4v) is 9.02. The topological polar surface area (TPSA) is 51.8 Å². The first-order chi connectivity index (χ1) is 27.7. The first kappa shape index (κ1) is 32.2. The van der Waals surface area contributed by atoms with Crippen molar-refractivity contribution in [3.05, 3.63) is 188 Å². The lowest BCUT2D eigenvalue weighted by molar-refractivity contribution is 0.670. The minimum atomic E-state index is 0.621. The van der Waals surface area contributed by atoms with E-state index in [2.05, 4.69) is 121 Å². The molecule has 0 N–H and O–H groups in total. The summed E-state index contributed by atoms with van der Waals surface area (Å²) in [6.07, 6.45) is 0. The van der Waals surface area contributed by atoms with E-state index in [-0.39, 0.29) is 0 Å². The molecule has 0 bridgehead atoms. The first-order valence-corrected chi connectivity index (χ1v) is 19.5. The molecule has 11 aromatic rings. The van der Waals surface area contributed by atoms with E-state index in [1.807, 2.05) is 78.1 Å². The van der Waals surface area contributed by atoms with Crippen LogP contribution in [-0.2, 0) is 0 Å². The van der Waals surface area contributed by atoms with Crippen LogP contribution in [0.3, 0.4) is 0 Å². The molecule has 0 unspecified atom stereocenters. The van der Waals surface area contributed by atoms with Gasteiger partial charge in [0.2, 0.25) is 0 Å². The van der Waals surface area contributed by atoms with Gasteiger partial charge in [-0.25, -0.2) is 15.0 Å². The van der Waals surface area contributed by atoms with E-state index < -0.39 is 0 Å². The van der Waals surface area contributed by atoms with Crippen LogP contribution in [0.1, 0.15) is 0 Å². The van der Waals surface area contributed by atoms with Crippen LogP contribution in [0.2, 0.25) is 0 Å². The van der Waals surface area contributed by atoms with Crippen molar-refractivity contribution in [1.29, 1.82) is 0 Å². The Hall–Kier alpha value is -7.21. The molecule has 0 aliphatic heterocycles. The molecule has 0 saturated carbocycles. The summed E-state index contributed by atoms with van der Waals surface area (Å²) in [6, 6.07) is 65.6. The van der Waals surface area contributed by atoms with Crippen molar-refractivity contribution in [2.24, 2.45) is 0 Å². The minimum absolute atomic E-state index is 0.621. The molecule has 4 nitrogen and oxygen atoms in total. The highest BCUT2D eigenvalue weighted by atomic mass is 32.1. The molecule has 3 aromatic heterocycles. The summed E-state index contributed by atoms with van der Waals surface area (Å²) in [5.74, 6) is 1.90. The van der Waals surface area contributed by atoms with Crippen LogP contribution in [0.4, 0.5) is 0 Å². The van der Waals surface area contributed by atoms with Gasteiger partial charge in [-0.15, -0.1) is 11.3 Å². The Morgan fingerprint density at radius 2 is 0.893 bits per heavy atom. The molecule has 0 saturated heterocycles. The third-order valence-corrected chi connectivity index (χ3v) is 11.7. The first-order valence-electron chi connectivity index (χ1n) is 18.7. The Kier molecular flexibility index (Phi) is 7.64. The molecular formula is C51H31N3OS. The highest BCUT2D eigenvalue weighted by Crippen LogP contribution is 2.45. The summed E-state index contributed by atoms with van der Waals surface area (Å²) in [4.78, 5) is 14.9. The normalized spacial score (nSPS) is 11.6. The fourth-order valence-electron chi connectivity index (χ4n) is 7.91. The van der Waals surface area contributed by atoms with Crippen molar-refractivity contribution >= 4 is 53.4 Å². The molecule has 0 fully saturated rings. The molecule has 11 rings (SSSR count). The Bertz CT molecular complexity index is 3180. The maximum Gasteiger partial charge on any atom is 0.164 e. The van der Waals surface area contributed by atoms with Gasteiger partial charge < -0.3 is 4.42 Å². The van der Waals surface area contributed by atoms with Gasteiger partial charge in [0, 0.05) is 53.2 Å². The lowest BCUT2D eigenvalue weighted by Gasteiger charge is -2.11. The SMILES string of the molecule is c1ccc(-c2nc(-c3ccccc3)nc(-c3cccc(-c4ccc(-c5ccc6sc7cccc(-c8ccccc8)c7c6c5)c5oc6ccccc6c45)c3)n2)cc1. The number of fused-ring (bicyclic) bond motifs is 6. The second-order valence-electron chi connectivity index (χ2n) is 13.9. The summed E-state index contributed by atoms with van der Waals surface area (Å²) in [7, 11) is 0. The maximum atomic E-state index is 6.79. The third-order valence-electron chi connectivity index (χ3n) is 10.5. The standard InChI is InChI=1S/C51H31N3OS/c1-4-14-32(15-5-1)38-23-13-25-45-46(38)42-31-36(26-29-44(42)56-45)40-28-27-39(47-41-22-10-11-24-43(41)55-48(40)47)35-20-12-21-37(30-35)51-53-49(33-16-6-2-7-17-33)52-50(54-51)34-18-8-3-9-19-34/h1-31H. The summed E-state index contributed by atoms with van der Waals surface area (Å²) < 4.78 is 9.34. The number of aromatic nitrogens is 3. The van der Waals surface area contributed by atoms with Gasteiger partial charge in [0.15, 0.2) is 17.5 Å². The van der Waals surface area contributed by atoms with Gasteiger partial charge in [0.1, 0.15) is 11.2 Å². The Morgan fingerprint density at radius 3 is 1.62 bits per heavy atom. The number of rotatable bonds is 6. The summed E-state index contributed by atoms with van der Waals surface area (Å²) in [5.41, 5.74) is 11.3. The van der Waals surface area contributed by atoms with Gasteiger partial charge in [-0.2, -0.15) is 0 Å². The van der Waals surface area contributed by atoms with E-state index in [4.69, 9.17) is 19.4 Å². The third kappa shape index (κ3) is 5.48. The molecule has 8 aromatic carbocycles. The molecule has 5 heteroatoms. The highest BCUT2D eigenvalue weighted by Gasteiger charge is 2.20. The zero-order valence-corrected chi connectivity index (χ0v) is 30.9. The molecule has 0 aliphatic rings. The van der Waals surface area contributed by atoms with Gasteiger partial charge in [-0.05, 0) is 64.2 Å². The maximum absolute atomic E-state index is 6.79. The largest absolute Gasteiger partial charge is 0.455 e. The molecule has 0 atom stereocenters. The Labute approximate surface area is 327 Å². The van der Waals surface area contributed by atoms with Crippen molar-refractivity contribution in [3.63, 3.8) is 0 Å². The molecule has 0 radical (unpaired) electrons. The summed E-state index contributed by atoms with van der Waals surface area (Å²) >= 11 is 1.84. The Balaban J connectivity index is 1.08. The van der Waals surface area contributed by atoms with Crippen molar-refractivity contribution in [2.45, 2.75) is 0 Å². The highest BCUT2D eigenvalue weighted by molar-refractivity contribution is 7.26. The fraction of sp³-hybridized carbons (Fsp3) is 0. The van der Waals surface area contributed by atoms with E-state index in [9.17, 15) is 0 Å². The van der Waals surface area contributed by atoms with Gasteiger partial charge in [0.05, 0.1) is 0 Å². The molecule has 0 aliphatic carbocycles. The minimum Gasteiger partial charge on any atom is -0.455 e. The quantitative estimate of drug-likeness (QED) is 0.171. The predicted octanol–water partition coefficient (Wildman–Crippen LogP) is 14.1. The predicted molar refractivity (Wildman–Crippen MR) is 233 cm³/mol. The van der Waals surface area contributed by atoms with Crippen LogP contribution in [0.5, 0.6) is 0 Å². The molecule has 56 heavy (non-hydrogen) atoms. The molecule has 0 amide bonds. The number of thiophene rings is 1. The average Bonchev–Trinajstić information content (AvgIpc) is 3.86. The number of hydrogen-bond donors (Lipinski definition) is 0. The van der Waals surface area contributed by atoms with Gasteiger partial charge in [0.25, 0.3) is 0 Å². The van der Waals surface area contributed by atoms with Crippen molar-refractivity contribution in [3.8, 4) is 67.5 Å². The van der Waals surface area contributed by atoms with E-state index in [1.54, 1.807) is 0 Å². The number of furan rings is 1. The van der Waals surface area contributed by atoms with Crippen LogP contribution >= 0.6 is 11.3 Å². The molecule has 3 heterocycles. The van der Waals surface area contributed by atoms with E-state index in [0.717, 1.165) is 60.9 Å². The molecule has 0 spiro atoms. The second kappa shape index (κ2) is 13.3. The van der Waals surface area contributed by atoms with Crippen molar-refractivity contribution < 1.29 is 4.42 Å². The number of para-hydroxylation sites is 1. The monoisotopic (exact) mass is 733 g/mol. The number of benzene rings is 8. The van der Waals surface area contributed by atoms with Crippen molar-refractivity contribution in [1.82, 2.24) is 15.0 Å². The van der Waals surface area contributed by atoms with Crippen LogP contribution in [0.15, 0.2) is 192 Å². The Morgan fingerprint density at radius 1 is 0.339 bits per heavy atom. The van der Waals surface area contributed by atoms with Crippen LogP contribution in [-0.4, -0.2) is 15.0 Å². The number of hydrogen-bond acceptors (Lipinski definition) is 5. The lowest BCUT2D eigenvalue weighted by atomic mass is 9.93. The second-order valence-corrected chi connectivity index (χ2v) is 15.0. The van der Waals surface area contributed by atoms with Crippen molar-refractivity contribution in [2.75, 3.05) is 0 Å².